The molecule has 0 atom stereocenters. The van der Waals surface area contributed by atoms with Crippen LogP contribution < -0.4 is 4.90 Å². The average molecular weight is 250 g/mol. The number of amides is 1. The van der Waals surface area contributed by atoms with Gasteiger partial charge in [-0.1, -0.05) is 0 Å². The van der Waals surface area contributed by atoms with Gasteiger partial charge in [-0.2, -0.15) is 0 Å². The summed E-state index contributed by atoms with van der Waals surface area (Å²) in [7, 11) is 1.79. The van der Waals surface area contributed by atoms with E-state index in [1.807, 2.05) is 12.1 Å². The van der Waals surface area contributed by atoms with Gasteiger partial charge in [0.15, 0.2) is 5.78 Å². The van der Waals surface area contributed by atoms with E-state index >= 15 is 0 Å². The van der Waals surface area contributed by atoms with E-state index in [1.165, 1.54) is 0 Å². The molecule has 1 aromatic carbocycles. The summed E-state index contributed by atoms with van der Waals surface area (Å²) in [6.07, 6.45) is 1.78. The molecular formula is C13H12ClNO2. The van der Waals surface area contributed by atoms with Gasteiger partial charge in [-0.3, -0.25) is 9.59 Å². The van der Waals surface area contributed by atoms with Gasteiger partial charge in [-0.05, 0) is 36.6 Å². The van der Waals surface area contributed by atoms with Crippen LogP contribution in [0.5, 0.6) is 0 Å². The molecule has 2 aliphatic rings. The number of anilines is 1. The van der Waals surface area contributed by atoms with Crippen LogP contribution in [-0.4, -0.2) is 24.6 Å². The van der Waals surface area contributed by atoms with E-state index in [1.54, 1.807) is 18.0 Å². The lowest BCUT2D eigenvalue weighted by atomic mass is 9.95. The molecule has 1 saturated carbocycles. The van der Waals surface area contributed by atoms with Crippen molar-refractivity contribution in [3.63, 3.8) is 0 Å². The SMILES string of the molecule is CN1C(=O)C2(CC2)c2cc(C(=O)CCl)ccc21. The zero-order valence-corrected chi connectivity index (χ0v) is 10.3. The zero-order chi connectivity index (χ0) is 12.2. The number of rotatable bonds is 2. The Morgan fingerprint density at radius 2 is 2.18 bits per heavy atom. The van der Waals surface area contributed by atoms with Crippen molar-refractivity contribution in [1.29, 1.82) is 0 Å². The van der Waals surface area contributed by atoms with Crippen LogP contribution in [0.3, 0.4) is 0 Å². The van der Waals surface area contributed by atoms with E-state index in [4.69, 9.17) is 11.6 Å². The Bertz CT molecular complexity index is 534. The Balaban J connectivity index is 2.14. The molecule has 1 amide bonds. The van der Waals surface area contributed by atoms with Crippen molar-refractivity contribution in [2.45, 2.75) is 18.3 Å². The van der Waals surface area contributed by atoms with Crippen LogP contribution >= 0.6 is 11.6 Å². The van der Waals surface area contributed by atoms with Crippen molar-refractivity contribution in [2.75, 3.05) is 17.8 Å². The van der Waals surface area contributed by atoms with Gasteiger partial charge in [0.25, 0.3) is 0 Å². The Morgan fingerprint density at radius 3 is 2.76 bits per heavy atom. The maximum Gasteiger partial charge on any atom is 0.237 e. The van der Waals surface area contributed by atoms with Crippen molar-refractivity contribution < 1.29 is 9.59 Å². The summed E-state index contributed by atoms with van der Waals surface area (Å²) in [5.74, 6) is 0.0468. The highest BCUT2D eigenvalue weighted by Gasteiger charge is 2.58. The summed E-state index contributed by atoms with van der Waals surface area (Å²) >= 11 is 5.55. The van der Waals surface area contributed by atoms with Crippen LogP contribution in [0.2, 0.25) is 0 Å². The summed E-state index contributed by atoms with van der Waals surface area (Å²) in [4.78, 5) is 25.4. The summed E-state index contributed by atoms with van der Waals surface area (Å²) in [5.41, 5.74) is 2.21. The number of hydrogen-bond acceptors (Lipinski definition) is 2. The maximum absolute atomic E-state index is 12.1. The lowest BCUT2D eigenvalue weighted by Crippen LogP contribution is -2.27. The second-order valence-corrected chi connectivity index (χ2v) is 5.00. The zero-order valence-electron chi connectivity index (χ0n) is 9.50. The van der Waals surface area contributed by atoms with E-state index in [-0.39, 0.29) is 23.0 Å². The molecule has 1 spiro atoms. The van der Waals surface area contributed by atoms with E-state index in [0.717, 1.165) is 24.1 Å². The van der Waals surface area contributed by atoms with Crippen LogP contribution in [0.25, 0.3) is 0 Å². The number of benzene rings is 1. The Kier molecular flexibility index (Phi) is 2.11. The molecule has 0 N–H and O–H groups in total. The van der Waals surface area contributed by atoms with Crippen LogP contribution in [0.4, 0.5) is 5.69 Å². The average Bonchev–Trinajstić information content (AvgIpc) is 3.13. The molecule has 0 unspecified atom stereocenters. The number of halogens is 1. The predicted octanol–water partition coefficient (Wildman–Crippen LogP) is 2.12. The van der Waals surface area contributed by atoms with Gasteiger partial charge in [-0.15, -0.1) is 11.6 Å². The van der Waals surface area contributed by atoms with Gasteiger partial charge in [0.2, 0.25) is 5.91 Å². The number of alkyl halides is 1. The second kappa shape index (κ2) is 3.33. The molecule has 1 aliphatic heterocycles. The predicted molar refractivity (Wildman–Crippen MR) is 65.8 cm³/mol. The molecule has 88 valence electrons. The van der Waals surface area contributed by atoms with Gasteiger partial charge in [0.1, 0.15) is 0 Å². The fourth-order valence-electron chi connectivity index (χ4n) is 2.62. The number of carbonyl (C=O) groups excluding carboxylic acids is 2. The lowest BCUT2D eigenvalue weighted by Gasteiger charge is -2.09. The smallest absolute Gasteiger partial charge is 0.237 e. The molecule has 17 heavy (non-hydrogen) atoms. The Labute approximate surface area is 104 Å². The van der Waals surface area contributed by atoms with E-state index in [2.05, 4.69) is 0 Å². The first kappa shape index (κ1) is 10.8. The van der Waals surface area contributed by atoms with Crippen molar-refractivity contribution in [3.05, 3.63) is 29.3 Å². The summed E-state index contributed by atoms with van der Waals surface area (Å²) in [6.45, 7) is 0. The molecular weight excluding hydrogens is 238 g/mol. The van der Waals surface area contributed by atoms with Crippen molar-refractivity contribution in [1.82, 2.24) is 0 Å². The van der Waals surface area contributed by atoms with Gasteiger partial charge >= 0.3 is 0 Å². The van der Waals surface area contributed by atoms with Crippen LogP contribution in [0.1, 0.15) is 28.8 Å². The normalized spacial score (nSPS) is 19.6. The highest BCUT2D eigenvalue weighted by atomic mass is 35.5. The highest BCUT2D eigenvalue weighted by molar-refractivity contribution is 6.30. The van der Waals surface area contributed by atoms with Crippen molar-refractivity contribution >= 4 is 29.0 Å². The Hall–Kier alpha value is -1.35. The molecule has 1 fully saturated rings. The molecule has 1 heterocycles. The first-order chi connectivity index (χ1) is 8.10. The molecule has 0 saturated heterocycles. The van der Waals surface area contributed by atoms with E-state index in [0.29, 0.717) is 5.56 Å². The summed E-state index contributed by atoms with van der Waals surface area (Å²) < 4.78 is 0. The van der Waals surface area contributed by atoms with Gasteiger partial charge < -0.3 is 4.90 Å². The number of Topliss-reactive ketones (excluding diaryl/α,β-unsaturated/α-hetero) is 1. The Morgan fingerprint density at radius 1 is 1.47 bits per heavy atom. The third-order valence-electron chi connectivity index (χ3n) is 3.78. The fourth-order valence-corrected chi connectivity index (χ4v) is 2.77. The first-order valence-corrected chi connectivity index (χ1v) is 6.15. The van der Waals surface area contributed by atoms with Gasteiger partial charge in [-0.25, -0.2) is 0 Å². The van der Waals surface area contributed by atoms with Crippen LogP contribution in [0.15, 0.2) is 18.2 Å². The minimum atomic E-state index is -0.327. The molecule has 3 nitrogen and oxygen atoms in total. The maximum atomic E-state index is 12.1. The third kappa shape index (κ3) is 1.29. The van der Waals surface area contributed by atoms with E-state index in [9.17, 15) is 9.59 Å². The van der Waals surface area contributed by atoms with E-state index < -0.39 is 0 Å². The van der Waals surface area contributed by atoms with Crippen LogP contribution in [0, 0.1) is 0 Å². The van der Waals surface area contributed by atoms with Gasteiger partial charge in [0.05, 0.1) is 11.3 Å². The number of likely N-dealkylation sites (N-methyl/N-ethyl adjacent to an activating group) is 1. The summed E-state index contributed by atoms with van der Waals surface area (Å²) in [5, 5.41) is 0. The summed E-state index contributed by atoms with van der Waals surface area (Å²) in [6, 6.07) is 5.43. The monoisotopic (exact) mass is 249 g/mol. The number of fused-ring (bicyclic) bond motifs is 2. The molecule has 3 rings (SSSR count). The number of nitrogens with zero attached hydrogens (tertiary/aromatic N) is 1. The minimum absolute atomic E-state index is 0.0183. The molecule has 1 aromatic rings. The molecule has 4 heteroatoms. The molecule has 0 bridgehead atoms. The largest absolute Gasteiger partial charge is 0.314 e. The van der Waals surface area contributed by atoms with Gasteiger partial charge in [0, 0.05) is 18.3 Å². The standard InChI is InChI=1S/C13H12ClNO2/c1-15-10-3-2-8(11(16)7-14)6-9(10)13(4-5-13)12(15)17/h2-3,6H,4-5,7H2,1H3. The molecule has 0 aromatic heterocycles. The minimum Gasteiger partial charge on any atom is -0.314 e. The van der Waals surface area contributed by atoms with Crippen molar-refractivity contribution in [3.8, 4) is 0 Å². The van der Waals surface area contributed by atoms with Crippen LogP contribution in [-0.2, 0) is 10.2 Å². The third-order valence-corrected chi connectivity index (χ3v) is 4.02. The molecule has 1 aliphatic carbocycles. The number of carbonyl (C=O) groups is 2. The number of ketones is 1. The van der Waals surface area contributed by atoms with Crippen molar-refractivity contribution in [2.24, 2.45) is 0 Å². The topological polar surface area (TPSA) is 37.4 Å². The first-order valence-electron chi connectivity index (χ1n) is 5.62. The second-order valence-electron chi connectivity index (χ2n) is 4.74. The fraction of sp³-hybridized carbons (Fsp3) is 0.385. The highest BCUT2D eigenvalue weighted by Crippen LogP contribution is 2.57. The number of hydrogen-bond donors (Lipinski definition) is 0. The lowest BCUT2D eigenvalue weighted by molar-refractivity contribution is -0.119. The molecule has 0 radical (unpaired) electrons. The quantitative estimate of drug-likeness (QED) is 0.595.